The Morgan fingerprint density at radius 1 is 1.37 bits per heavy atom. The number of hydrogen-bond acceptors (Lipinski definition) is 2. The molecule has 104 valence electrons. The third-order valence-corrected chi connectivity index (χ3v) is 3.67. The molecule has 0 radical (unpaired) electrons. The van der Waals surface area contributed by atoms with Crippen LogP contribution >= 0.6 is 0 Å². The normalized spacial score (nSPS) is 16.3. The number of nitrogens with zero attached hydrogens (tertiary/aromatic N) is 1. The molecule has 19 heavy (non-hydrogen) atoms. The number of benzene rings is 1. The van der Waals surface area contributed by atoms with Crippen LogP contribution in [0.1, 0.15) is 25.3 Å². The molecular formula is C15H22N2O2. The van der Waals surface area contributed by atoms with Crippen LogP contribution in [0.4, 0.5) is 10.5 Å². The quantitative estimate of drug-likeness (QED) is 0.888. The summed E-state index contributed by atoms with van der Waals surface area (Å²) in [5.41, 5.74) is 1.84. The molecule has 4 heteroatoms. The Kier molecular flexibility index (Phi) is 4.30. The molecule has 0 unspecified atom stereocenters. The van der Waals surface area contributed by atoms with Crippen molar-refractivity contribution in [3.63, 3.8) is 0 Å². The number of ether oxygens (including phenoxy) is 1. The maximum absolute atomic E-state index is 12.2. The van der Waals surface area contributed by atoms with E-state index in [2.05, 4.69) is 12.2 Å². The van der Waals surface area contributed by atoms with Crippen LogP contribution in [-0.2, 0) is 0 Å². The van der Waals surface area contributed by atoms with E-state index in [0.717, 1.165) is 43.1 Å². The van der Waals surface area contributed by atoms with Crippen LogP contribution in [0, 0.1) is 12.8 Å². The molecule has 1 aromatic rings. The first-order valence-electron chi connectivity index (χ1n) is 6.80. The molecule has 4 nitrogen and oxygen atoms in total. The Labute approximate surface area is 114 Å². The van der Waals surface area contributed by atoms with Crippen LogP contribution in [0.15, 0.2) is 18.2 Å². The minimum atomic E-state index is -0.0317. The van der Waals surface area contributed by atoms with E-state index in [1.165, 1.54) is 0 Å². The zero-order valence-electron chi connectivity index (χ0n) is 11.9. The average Bonchev–Trinajstić information content (AvgIpc) is 2.39. The number of urea groups is 1. The van der Waals surface area contributed by atoms with Gasteiger partial charge in [0.2, 0.25) is 0 Å². The van der Waals surface area contributed by atoms with E-state index in [4.69, 9.17) is 4.74 Å². The number of likely N-dealkylation sites (tertiary alicyclic amines) is 1. The first-order chi connectivity index (χ1) is 9.10. The smallest absolute Gasteiger partial charge is 0.321 e. The number of hydrogen-bond donors (Lipinski definition) is 1. The van der Waals surface area contributed by atoms with Crippen molar-refractivity contribution in [3.05, 3.63) is 23.8 Å². The second-order valence-corrected chi connectivity index (χ2v) is 5.30. The average molecular weight is 262 g/mol. The molecule has 0 bridgehead atoms. The summed E-state index contributed by atoms with van der Waals surface area (Å²) in [6.45, 7) is 5.90. The summed E-state index contributed by atoms with van der Waals surface area (Å²) < 4.78 is 5.27. The van der Waals surface area contributed by atoms with Gasteiger partial charge < -0.3 is 15.0 Å². The molecule has 1 heterocycles. The van der Waals surface area contributed by atoms with Crippen molar-refractivity contribution < 1.29 is 9.53 Å². The highest BCUT2D eigenvalue weighted by molar-refractivity contribution is 5.91. The fourth-order valence-electron chi connectivity index (χ4n) is 2.33. The van der Waals surface area contributed by atoms with E-state index in [9.17, 15) is 4.79 Å². The van der Waals surface area contributed by atoms with E-state index < -0.39 is 0 Å². The number of aryl methyl sites for hydroxylation is 1. The zero-order valence-corrected chi connectivity index (χ0v) is 11.9. The van der Waals surface area contributed by atoms with Gasteiger partial charge in [-0.3, -0.25) is 0 Å². The Bertz CT molecular complexity index is 451. The summed E-state index contributed by atoms with van der Waals surface area (Å²) in [4.78, 5) is 14.1. The molecule has 2 amide bonds. The highest BCUT2D eigenvalue weighted by Gasteiger charge is 2.20. The SMILES string of the molecule is COc1ccc(C)cc1NC(=O)N1CCC(C)CC1. The zero-order chi connectivity index (χ0) is 13.8. The van der Waals surface area contributed by atoms with E-state index in [1.807, 2.05) is 30.0 Å². The molecule has 1 aliphatic rings. The van der Waals surface area contributed by atoms with Crippen LogP contribution in [0.3, 0.4) is 0 Å². The summed E-state index contributed by atoms with van der Waals surface area (Å²) in [5, 5.41) is 2.95. The topological polar surface area (TPSA) is 41.6 Å². The van der Waals surface area contributed by atoms with Gasteiger partial charge in [0.25, 0.3) is 0 Å². The number of anilines is 1. The summed E-state index contributed by atoms with van der Waals surface area (Å²) in [5.74, 6) is 1.42. The Morgan fingerprint density at radius 2 is 2.05 bits per heavy atom. The van der Waals surface area contributed by atoms with Gasteiger partial charge in [0.1, 0.15) is 5.75 Å². The molecule has 1 saturated heterocycles. The molecule has 1 aliphatic heterocycles. The van der Waals surface area contributed by atoms with Crippen molar-refractivity contribution in [2.45, 2.75) is 26.7 Å². The van der Waals surface area contributed by atoms with E-state index >= 15 is 0 Å². The summed E-state index contributed by atoms with van der Waals surface area (Å²) in [6, 6.07) is 5.75. The minimum absolute atomic E-state index is 0.0317. The highest BCUT2D eigenvalue weighted by atomic mass is 16.5. The predicted octanol–water partition coefficient (Wildman–Crippen LogP) is 3.27. The van der Waals surface area contributed by atoms with Gasteiger partial charge in [0, 0.05) is 13.1 Å². The lowest BCUT2D eigenvalue weighted by molar-refractivity contribution is 0.186. The van der Waals surface area contributed by atoms with Crippen LogP contribution in [0.25, 0.3) is 0 Å². The standard InChI is InChI=1S/C15H22N2O2/c1-11-6-8-17(9-7-11)15(18)16-13-10-12(2)4-5-14(13)19-3/h4-5,10-11H,6-9H2,1-3H3,(H,16,18). The second kappa shape index (κ2) is 5.95. The molecule has 0 spiro atoms. The van der Waals surface area contributed by atoms with Crippen molar-refractivity contribution in [3.8, 4) is 5.75 Å². The number of piperidine rings is 1. The fourth-order valence-corrected chi connectivity index (χ4v) is 2.33. The van der Waals surface area contributed by atoms with Crippen LogP contribution < -0.4 is 10.1 Å². The number of methoxy groups -OCH3 is 1. The fraction of sp³-hybridized carbons (Fsp3) is 0.533. The predicted molar refractivity (Wildman–Crippen MR) is 76.7 cm³/mol. The summed E-state index contributed by atoms with van der Waals surface area (Å²) >= 11 is 0. The van der Waals surface area contributed by atoms with Gasteiger partial charge in [-0.1, -0.05) is 13.0 Å². The van der Waals surface area contributed by atoms with Gasteiger partial charge in [-0.25, -0.2) is 4.79 Å². The van der Waals surface area contributed by atoms with Crippen LogP contribution in [-0.4, -0.2) is 31.1 Å². The summed E-state index contributed by atoms with van der Waals surface area (Å²) in [7, 11) is 1.61. The first kappa shape index (κ1) is 13.7. The Hall–Kier alpha value is -1.71. The van der Waals surface area contributed by atoms with E-state index in [0.29, 0.717) is 5.75 Å². The molecule has 0 atom stereocenters. The third kappa shape index (κ3) is 3.40. The van der Waals surface area contributed by atoms with Gasteiger partial charge in [-0.15, -0.1) is 0 Å². The van der Waals surface area contributed by atoms with E-state index in [1.54, 1.807) is 7.11 Å². The monoisotopic (exact) mass is 262 g/mol. The third-order valence-electron chi connectivity index (χ3n) is 3.67. The molecular weight excluding hydrogens is 240 g/mol. The molecule has 1 aromatic carbocycles. The molecule has 1 fully saturated rings. The van der Waals surface area contributed by atoms with Crippen LogP contribution in [0.5, 0.6) is 5.75 Å². The van der Waals surface area contributed by atoms with Gasteiger partial charge in [-0.2, -0.15) is 0 Å². The minimum Gasteiger partial charge on any atom is -0.495 e. The molecule has 0 aliphatic carbocycles. The van der Waals surface area contributed by atoms with Gasteiger partial charge in [0.15, 0.2) is 0 Å². The number of nitrogens with one attached hydrogen (secondary N) is 1. The Balaban J connectivity index is 2.04. The van der Waals surface area contributed by atoms with Crippen LogP contribution in [0.2, 0.25) is 0 Å². The highest BCUT2D eigenvalue weighted by Crippen LogP contribution is 2.26. The second-order valence-electron chi connectivity index (χ2n) is 5.30. The lowest BCUT2D eigenvalue weighted by Gasteiger charge is -2.30. The number of carbonyl (C=O) groups excluding carboxylic acids is 1. The maximum atomic E-state index is 12.2. The molecule has 2 rings (SSSR count). The molecule has 1 N–H and O–H groups in total. The number of carbonyl (C=O) groups is 1. The lowest BCUT2D eigenvalue weighted by Crippen LogP contribution is -2.40. The van der Waals surface area contributed by atoms with Gasteiger partial charge >= 0.3 is 6.03 Å². The number of rotatable bonds is 2. The number of amides is 2. The molecule has 0 aromatic heterocycles. The van der Waals surface area contributed by atoms with Crippen molar-refractivity contribution in [1.82, 2.24) is 4.90 Å². The van der Waals surface area contributed by atoms with Gasteiger partial charge in [0.05, 0.1) is 12.8 Å². The van der Waals surface area contributed by atoms with Crippen molar-refractivity contribution in [2.24, 2.45) is 5.92 Å². The van der Waals surface area contributed by atoms with Crippen molar-refractivity contribution in [1.29, 1.82) is 0 Å². The van der Waals surface area contributed by atoms with Crippen molar-refractivity contribution in [2.75, 3.05) is 25.5 Å². The largest absolute Gasteiger partial charge is 0.495 e. The maximum Gasteiger partial charge on any atom is 0.321 e. The van der Waals surface area contributed by atoms with E-state index in [-0.39, 0.29) is 6.03 Å². The van der Waals surface area contributed by atoms with Gasteiger partial charge in [-0.05, 0) is 43.4 Å². The Morgan fingerprint density at radius 3 is 2.68 bits per heavy atom. The molecule has 0 saturated carbocycles. The first-order valence-corrected chi connectivity index (χ1v) is 6.80. The lowest BCUT2D eigenvalue weighted by atomic mass is 10.00. The van der Waals surface area contributed by atoms with Crippen molar-refractivity contribution >= 4 is 11.7 Å². The summed E-state index contributed by atoms with van der Waals surface area (Å²) in [6.07, 6.45) is 2.16.